The second kappa shape index (κ2) is 5.46. The zero-order chi connectivity index (χ0) is 14.1. The number of ether oxygens (including phenoxy) is 1. The SMILES string of the molecule is O=C(O)/C=C/c1ccc(N2CC3CCC(C2)O3)c(Cl)c1. The molecular formula is C15H16ClNO3. The summed E-state index contributed by atoms with van der Waals surface area (Å²) >= 11 is 6.33. The summed E-state index contributed by atoms with van der Waals surface area (Å²) in [5, 5.41) is 9.28. The van der Waals surface area contributed by atoms with Crippen molar-refractivity contribution in [3.63, 3.8) is 0 Å². The van der Waals surface area contributed by atoms with Gasteiger partial charge in [0.1, 0.15) is 0 Å². The van der Waals surface area contributed by atoms with Gasteiger partial charge in [0, 0.05) is 19.2 Å². The third-order valence-electron chi connectivity index (χ3n) is 3.77. The van der Waals surface area contributed by atoms with E-state index in [1.165, 1.54) is 0 Å². The van der Waals surface area contributed by atoms with Crippen LogP contribution in [0.3, 0.4) is 0 Å². The Kier molecular flexibility index (Phi) is 3.68. The molecule has 0 saturated carbocycles. The molecule has 0 aromatic heterocycles. The first-order chi connectivity index (χ1) is 9.61. The lowest BCUT2D eigenvalue weighted by Gasteiger charge is -2.34. The second-order valence-corrected chi connectivity index (χ2v) is 5.65. The van der Waals surface area contributed by atoms with Crippen LogP contribution in [-0.4, -0.2) is 36.4 Å². The highest BCUT2D eigenvalue weighted by atomic mass is 35.5. The van der Waals surface area contributed by atoms with Crippen LogP contribution in [0.1, 0.15) is 18.4 Å². The van der Waals surface area contributed by atoms with Gasteiger partial charge in [-0.1, -0.05) is 17.7 Å². The molecule has 1 aromatic rings. The molecule has 2 saturated heterocycles. The highest BCUT2D eigenvalue weighted by Crippen LogP contribution is 2.33. The fraction of sp³-hybridized carbons (Fsp3) is 0.400. The minimum atomic E-state index is -0.963. The van der Waals surface area contributed by atoms with Gasteiger partial charge in [-0.05, 0) is 36.6 Å². The molecule has 2 atom stereocenters. The summed E-state index contributed by atoms with van der Waals surface area (Å²) in [6.07, 6.45) is 5.53. The van der Waals surface area contributed by atoms with Crippen LogP contribution in [0.25, 0.3) is 6.08 Å². The van der Waals surface area contributed by atoms with Gasteiger partial charge in [0.25, 0.3) is 0 Å². The van der Waals surface area contributed by atoms with Gasteiger partial charge in [0.2, 0.25) is 0 Å². The molecule has 0 radical (unpaired) electrons. The van der Waals surface area contributed by atoms with Crippen LogP contribution in [0, 0.1) is 0 Å². The van der Waals surface area contributed by atoms with E-state index in [-0.39, 0.29) is 0 Å². The van der Waals surface area contributed by atoms with E-state index < -0.39 is 5.97 Å². The number of hydrogen-bond acceptors (Lipinski definition) is 3. The highest BCUT2D eigenvalue weighted by molar-refractivity contribution is 6.33. The number of nitrogens with zero attached hydrogens (tertiary/aromatic N) is 1. The van der Waals surface area contributed by atoms with E-state index in [1.807, 2.05) is 12.1 Å². The third kappa shape index (κ3) is 2.81. The molecule has 0 spiro atoms. The van der Waals surface area contributed by atoms with Gasteiger partial charge in [-0.15, -0.1) is 0 Å². The molecule has 0 amide bonds. The molecule has 2 unspecified atom stereocenters. The molecule has 2 heterocycles. The van der Waals surface area contributed by atoms with Crippen LogP contribution in [0.2, 0.25) is 5.02 Å². The maximum absolute atomic E-state index is 10.5. The Morgan fingerprint density at radius 3 is 2.65 bits per heavy atom. The Balaban J connectivity index is 1.79. The highest BCUT2D eigenvalue weighted by Gasteiger charge is 2.34. The Hall–Kier alpha value is -1.52. The van der Waals surface area contributed by atoms with Crippen LogP contribution in [-0.2, 0) is 9.53 Å². The summed E-state index contributed by atoms with van der Waals surface area (Å²) in [5.74, 6) is -0.963. The van der Waals surface area contributed by atoms with Crippen LogP contribution < -0.4 is 4.90 Å². The summed E-state index contributed by atoms with van der Waals surface area (Å²) < 4.78 is 5.82. The van der Waals surface area contributed by atoms with Gasteiger partial charge in [0.15, 0.2) is 0 Å². The summed E-state index contributed by atoms with van der Waals surface area (Å²) in [6.45, 7) is 1.75. The maximum Gasteiger partial charge on any atom is 0.328 e. The average Bonchev–Trinajstić information content (AvgIpc) is 2.75. The molecular weight excluding hydrogens is 278 g/mol. The van der Waals surface area contributed by atoms with Crippen molar-refractivity contribution in [3.8, 4) is 0 Å². The lowest BCUT2D eigenvalue weighted by molar-refractivity contribution is -0.131. The van der Waals surface area contributed by atoms with Crippen molar-refractivity contribution in [2.45, 2.75) is 25.0 Å². The number of carboxylic acids is 1. The molecule has 2 aliphatic rings. The van der Waals surface area contributed by atoms with Crippen LogP contribution in [0.15, 0.2) is 24.3 Å². The standard InChI is InChI=1S/C15H16ClNO3/c16-13-7-10(2-6-15(18)19)1-5-14(13)17-8-11-3-4-12(9-17)20-11/h1-2,5-7,11-12H,3-4,8-9H2,(H,18,19)/b6-2+. The summed E-state index contributed by atoms with van der Waals surface area (Å²) in [7, 11) is 0. The summed E-state index contributed by atoms with van der Waals surface area (Å²) in [5.41, 5.74) is 1.79. The number of rotatable bonds is 3. The summed E-state index contributed by atoms with van der Waals surface area (Å²) in [6, 6.07) is 5.64. The minimum absolute atomic E-state index is 0.316. The molecule has 2 bridgehead atoms. The van der Waals surface area contributed by atoms with Gasteiger partial charge in [-0.2, -0.15) is 0 Å². The van der Waals surface area contributed by atoms with E-state index in [1.54, 1.807) is 12.1 Å². The summed E-state index contributed by atoms with van der Waals surface area (Å²) in [4.78, 5) is 12.8. The fourth-order valence-electron chi connectivity index (χ4n) is 2.86. The number of carboxylic acid groups (broad SMARTS) is 1. The minimum Gasteiger partial charge on any atom is -0.478 e. The molecule has 4 nitrogen and oxygen atoms in total. The predicted octanol–water partition coefficient (Wildman–Crippen LogP) is 2.81. The normalized spacial score (nSPS) is 25.4. The second-order valence-electron chi connectivity index (χ2n) is 5.24. The number of fused-ring (bicyclic) bond motifs is 2. The van der Waals surface area contributed by atoms with Gasteiger partial charge in [0.05, 0.1) is 22.9 Å². The van der Waals surface area contributed by atoms with Crippen LogP contribution in [0.4, 0.5) is 5.69 Å². The topological polar surface area (TPSA) is 49.8 Å². The molecule has 1 aromatic carbocycles. The molecule has 1 N–H and O–H groups in total. The van der Waals surface area contributed by atoms with E-state index in [4.69, 9.17) is 21.4 Å². The number of anilines is 1. The zero-order valence-corrected chi connectivity index (χ0v) is 11.7. The molecule has 5 heteroatoms. The lowest BCUT2D eigenvalue weighted by atomic mass is 10.1. The molecule has 106 valence electrons. The first-order valence-electron chi connectivity index (χ1n) is 6.73. The van der Waals surface area contributed by atoms with Crippen molar-refractivity contribution < 1.29 is 14.6 Å². The first-order valence-corrected chi connectivity index (χ1v) is 7.10. The van der Waals surface area contributed by atoms with E-state index in [2.05, 4.69) is 4.90 Å². The van der Waals surface area contributed by atoms with E-state index >= 15 is 0 Å². The number of halogens is 1. The quantitative estimate of drug-likeness (QED) is 0.871. The number of hydrogen-bond donors (Lipinski definition) is 1. The molecule has 20 heavy (non-hydrogen) atoms. The smallest absolute Gasteiger partial charge is 0.328 e. The van der Waals surface area contributed by atoms with E-state index in [0.29, 0.717) is 17.2 Å². The number of morpholine rings is 1. The van der Waals surface area contributed by atoms with Crippen LogP contribution in [0.5, 0.6) is 0 Å². The van der Waals surface area contributed by atoms with E-state index in [9.17, 15) is 4.79 Å². The van der Waals surface area contributed by atoms with Gasteiger partial charge >= 0.3 is 5.97 Å². The number of benzene rings is 1. The molecule has 3 rings (SSSR count). The number of aliphatic carboxylic acids is 1. The largest absolute Gasteiger partial charge is 0.478 e. The van der Waals surface area contributed by atoms with E-state index in [0.717, 1.165) is 43.3 Å². The van der Waals surface area contributed by atoms with Crippen molar-refractivity contribution in [2.75, 3.05) is 18.0 Å². The lowest BCUT2D eigenvalue weighted by Crippen LogP contribution is -2.42. The predicted molar refractivity (Wildman–Crippen MR) is 78.2 cm³/mol. The monoisotopic (exact) mass is 293 g/mol. The van der Waals surface area contributed by atoms with Crippen molar-refractivity contribution in [1.82, 2.24) is 0 Å². The molecule has 2 aliphatic heterocycles. The van der Waals surface area contributed by atoms with Crippen molar-refractivity contribution in [1.29, 1.82) is 0 Å². The Bertz CT molecular complexity index is 546. The molecule has 2 fully saturated rings. The van der Waals surface area contributed by atoms with Crippen molar-refractivity contribution >= 4 is 29.3 Å². The van der Waals surface area contributed by atoms with Crippen molar-refractivity contribution in [2.24, 2.45) is 0 Å². The van der Waals surface area contributed by atoms with Crippen molar-refractivity contribution in [3.05, 3.63) is 34.9 Å². The van der Waals surface area contributed by atoms with Gasteiger partial charge in [-0.25, -0.2) is 4.79 Å². The van der Waals surface area contributed by atoms with Gasteiger partial charge in [-0.3, -0.25) is 0 Å². The number of carbonyl (C=O) groups is 1. The fourth-order valence-corrected chi connectivity index (χ4v) is 3.17. The van der Waals surface area contributed by atoms with Gasteiger partial charge < -0.3 is 14.7 Å². The first kappa shape index (κ1) is 13.5. The Morgan fingerprint density at radius 1 is 1.35 bits per heavy atom. The molecule has 0 aliphatic carbocycles. The third-order valence-corrected chi connectivity index (χ3v) is 4.08. The van der Waals surface area contributed by atoms with Crippen LogP contribution >= 0.6 is 11.6 Å². The Morgan fingerprint density at radius 2 is 2.05 bits per heavy atom. The maximum atomic E-state index is 10.5. The average molecular weight is 294 g/mol. The zero-order valence-electron chi connectivity index (χ0n) is 11.0. The Labute approximate surface area is 122 Å².